The summed E-state index contributed by atoms with van der Waals surface area (Å²) < 4.78 is 0. The Kier molecular flexibility index (Phi) is 4.38. The van der Waals surface area contributed by atoms with Crippen LogP contribution in [0.25, 0.3) is 0 Å². The van der Waals surface area contributed by atoms with Gasteiger partial charge in [-0.2, -0.15) is 5.26 Å². The minimum absolute atomic E-state index is 0.106. The van der Waals surface area contributed by atoms with E-state index in [0.717, 1.165) is 5.82 Å². The topological polar surface area (TPSA) is 78.8 Å². The molecule has 6 heteroatoms. The van der Waals surface area contributed by atoms with Crippen LogP contribution in [0.3, 0.4) is 0 Å². The smallest absolute Gasteiger partial charge is 0.191 e. The first-order chi connectivity index (χ1) is 7.58. The van der Waals surface area contributed by atoms with Crippen molar-refractivity contribution in [1.82, 2.24) is 9.97 Å². The second-order valence-electron chi connectivity index (χ2n) is 3.46. The van der Waals surface area contributed by atoms with Gasteiger partial charge in [0.1, 0.15) is 11.6 Å². The minimum atomic E-state index is 0.106. The van der Waals surface area contributed by atoms with Crippen molar-refractivity contribution in [2.75, 3.05) is 23.9 Å². The van der Waals surface area contributed by atoms with Gasteiger partial charge in [-0.3, -0.25) is 0 Å². The van der Waals surface area contributed by atoms with E-state index in [1.165, 1.54) is 11.8 Å². The van der Waals surface area contributed by atoms with Gasteiger partial charge in [-0.15, -0.1) is 0 Å². The van der Waals surface area contributed by atoms with E-state index in [0.29, 0.717) is 17.4 Å². The van der Waals surface area contributed by atoms with E-state index < -0.39 is 0 Å². The molecule has 0 radical (unpaired) electrons. The zero-order chi connectivity index (χ0) is 12.1. The monoisotopic (exact) mass is 237 g/mol. The van der Waals surface area contributed by atoms with Crippen LogP contribution >= 0.6 is 11.8 Å². The highest BCUT2D eigenvalue weighted by Gasteiger charge is 2.12. The van der Waals surface area contributed by atoms with E-state index >= 15 is 0 Å². The van der Waals surface area contributed by atoms with Crippen LogP contribution in [0.2, 0.25) is 0 Å². The van der Waals surface area contributed by atoms with Crippen molar-refractivity contribution in [3.05, 3.63) is 6.07 Å². The summed E-state index contributed by atoms with van der Waals surface area (Å²) in [7, 11) is 1.90. The van der Waals surface area contributed by atoms with E-state index in [1.807, 2.05) is 25.1 Å². The molecule has 1 rings (SSSR count). The highest BCUT2D eigenvalue weighted by Crippen LogP contribution is 2.19. The molecule has 5 nitrogen and oxygen atoms in total. The van der Waals surface area contributed by atoms with Gasteiger partial charge in [-0.1, -0.05) is 11.8 Å². The maximum atomic E-state index is 8.65. The third-order valence-corrected chi connectivity index (χ3v) is 2.85. The number of nitrogens with zero attached hydrogens (tertiary/aromatic N) is 4. The molecule has 0 saturated heterocycles. The quantitative estimate of drug-likeness (QED) is 0.632. The van der Waals surface area contributed by atoms with Crippen LogP contribution in [0.5, 0.6) is 0 Å². The van der Waals surface area contributed by atoms with Crippen LogP contribution in [0, 0.1) is 11.3 Å². The number of nitrogen functional groups attached to an aromatic ring is 1. The molecule has 0 aromatic carbocycles. The van der Waals surface area contributed by atoms with Crippen LogP contribution in [-0.2, 0) is 0 Å². The predicted molar refractivity (Wildman–Crippen MR) is 66.3 cm³/mol. The summed E-state index contributed by atoms with van der Waals surface area (Å²) in [6.45, 7) is 1.97. The Bertz CT molecular complexity index is 401. The Morgan fingerprint density at radius 2 is 2.31 bits per heavy atom. The van der Waals surface area contributed by atoms with Gasteiger partial charge in [-0.25, -0.2) is 9.97 Å². The molecule has 0 aliphatic rings. The summed E-state index contributed by atoms with van der Waals surface area (Å²) in [4.78, 5) is 10.4. The minimum Gasteiger partial charge on any atom is -0.383 e. The van der Waals surface area contributed by atoms with Gasteiger partial charge in [0.15, 0.2) is 5.16 Å². The summed E-state index contributed by atoms with van der Waals surface area (Å²) in [5.74, 6) is 1.20. The average Bonchev–Trinajstić information content (AvgIpc) is 2.27. The predicted octanol–water partition coefficient (Wildman–Crippen LogP) is 1.52. The molecule has 1 atom stereocenters. The number of nitrogens with two attached hydrogens (primary N) is 1. The number of aromatic nitrogens is 2. The van der Waals surface area contributed by atoms with E-state index in [4.69, 9.17) is 11.0 Å². The highest BCUT2D eigenvalue weighted by atomic mass is 32.2. The molecule has 0 fully saturated rings. The molecule has 1 aromatic heterocycles. The Labute approximate surface area is 99.7 Å². The Hall–Kier alpha value is -1.48. The van der Waals surface area contributed by atoms with Crippen LogP contribution < -0.4 is 10.6 Å². The molecule has 0 aliphatic heterocycles. The molecule has 0 spiro atoms. The molecule has 1 aromatic rings. The largest absolute Gasteiger partial charge is 0.383 e. The number of nitriles is 1. The zero-order valence-corrected chi connectivity index (χ0v) is 10.5. The number of hydrogen-bond donors (Lipinski definition) is 1. The normalized spacial score (nSPS) is 11.9. The number of anilines is 2. The van der Waals surface area contributed by atoms with Gasteiger partial charge in [0.2, 0.25) is 0 Å². The van der Waals surface area contributed by atoms with Gasteiger partial charge < -0.3 is 10.6 Å². The fourth-order valence-corrected chi connectivity index (χ4v) is 1.58. The maximum absolute atomic E-state index is 8.65. The third-order valence-electron chi connectivity index (χ3n) is 2.30. The molecule has 1 heterocycles. The van der Waals surface area contributed by atoms with Crippen molar-refractivity contribution in [2.24, 2.45) is 0 Å². The summed E-state index contributed by atoms with van der Waals surface area (Å²) in [5.41, 5.74) is 5.69. The number of hydrogen-bond acceptors (Lipinski definition) is 6. The lowest BCUT2D eigenvalue weighted by Crippen LogP contribution is -2.29. The first-order valence-corrected chi connectivity index (χ1v) is 6.09. The summed E-state index contributed by atoms with van der Waals surface area (Å²) >= 11 is 1.45. The second-order valence-corrected chi connectivity index (χ2v) is 4.23. The van der Waals surface area contributed by atoms with Crippen LogP contribution in [-0.4, -0.2) is 29.3 Å². The van der Waals surface area contributed by atoms with Gasteiger partial charge in [0.05, 0.1) is 12.5 Å². The molecule has 0 aliphatic carbocycles. The molecule has 0 amide bonds. The van der Waals surface area contributed by atoms with Crippen LogP contribution in [0.1, 0.15) is 13.3 Å². The van der Waals surface area contributed by atoms with E-state index in [-0.39, 0.29) is 6.04 Å². The first-order valence-electron chi connectivity index (χ1n) is 4.86. The fraction of sp³-hybridized carbons (Fsp3) is 0.500. The van der Waals surface area contributed by atoms with E-state index in [9.17, 15) is 0 Å². The Morgan fingerprint density at radius 1 is 1.62 bits per heavy atom. The van der Waals surface area contributed by atoms with E-state index in [2.05, 4.69) is 16.0 Å². The number of thioether (sulfide) groups is 1. The molecular weight excluding hydrogens is 222 g/mol. The summed E-state index contributed by atoms with van der Waals surface area (Å²) in [6.07, 6.45) is 2.35. The van der Waals surface area contributed by atoms with Gasteiger partial charge in [0, 0.05) is 19.2 Å². The van der Waals surface area contributed by atoms with Crippen molar-refractivity contribution in [2.45, 2.75) is 24.5 Å². The molecular formula is C10H15N5S. The zero-order valence-electron chi connectivity index (χ0n) is 9.64. The molecule has 86 valence electrons. The van der Waals surface area contributed by atoms with Gasteiger partial charge >= 0.3 is 0 Å². The molecule has 0 saturated carbocycles. The van der Waals surface area contributed by atoms with Crippen molar-refractivity contribution in [1.29, 1.82) is 5.26 Å². The molecule has 1 unspecified atom stereocenters. The highest BCUT2D eigenvalue weighted by molar-refractivity contribution is 7.98. The molecule has 16 heavy (non-hydrogen) atoms. The standard InChI is InChI=1S/C10H15N5S/c1-7(4-5-11)15(2)9-6-8(12)13-10(14-9)16-3/h6-7H,4H2,1-3H3,(H2,12,13,14). The van der Waals surface area contributed by atoms with Crippen LogP contribution in [0.4, 0.5) is 11.6 Å². The lowest BCUT2D eigenvalue weighted by molar-refractivity contribution is 0.688. The summed E-state index contributed by atoms with van der Waals surface area (Å²) in [6, 6.07) is 3.96. The van der Waals surface area contributed by atoms with Gasteiger partial charge in [-0.05, 0) is 13.2 Å². The fourth-order valence-electron chi connectivity index (χ4n) is 1.20. The number of rotatable bonds is 4. The SMILES string of the molecule is CSc1nc(N)cc(N(C)C(C)CC#N)n1. The van der Waals surface area contributed by atoms with Crippen molar-refractivity contribution in [3.63, 3.8) is 0 Å². The molecule has 0 bridgehead atoms. The lowest BCUT2D eigenvalue weighted by atomic mass is 10.2. The van der Waals surface area contributed by atoms with Crippen LogP contribution in [0.15, 0.2) is 11.2 Å². The lowest BCUT2D eigenvalue weighted by Gasteiger charge is -2.24. The van der Waals surface area contributed by atoms with Crippen molar-refractivity contribution >= 4 is 23.4 Å². The summed E-state index contributed by atoms with van der Waals surface area (Å²) in [5, 5.41) is 9.29. The average molecular weight is 237 g/mol. The molecule has 2 N–H and O–H groups in total. The van der Waals surface area contributed by atoms with E-state index in [1.54, 1.807) is 6.07 Å². The third kappa shape index (κ3) is 3.00. The van der Waals surface area contributed by atoms with Crippen molar-refractivity contribution < 1.29 is 0 Å². The first kappa shape index (κ1) is 12.6. The Balaban J connectivity index is 2.95. The van der Waals surface area contributed by atoms with Gasteiger partial charge in [0.25, 0.3) is 0 Å². The maximum Gasteiger partial charge on any atom is 0.191 e. The Morgan fingerprint density at radius 3 is 2.88 bits per heavy atom. The van der Waals surface area contributed by atoms with Crippen molar-refractivity contribution in [3.8, 4) is 6.07 Å². The second kappa shape index (κ2) is 5.56.